The van der Waals surface area contributed by atoms with E-state index in [9.17, 15) is 9.59 Å². The minimum absolute atomic E-state index is 0.0119. The molecule has 17 heavy (non-hydrogen) atoms. The predicted molar refractivity (Wildman–Crippen MR) is 62.4 cm³/mol. The van der Waals surface area contributed by atoms with Crippen molar-refractivity contribution in [3.05, 3.63) is 29.8 Å². The van der Waals surface area contributed by atoms with Crippen molar-refractivity contribution >= 4 is 17.3 Å². The van der Waals surface area contributed by atoms with Gasteiger partial charge in [0.25, 0.3) is 0 Å². The minimum atomic E-state index is -0.102. The van der Waals surface area contributed by atoms with Crippen molar-refractivity contribution in [2.24, 2.45) is 0 Å². The van der Waals surface area contributed by atoms with Crippen LogP contribution in [0, 0.1) is 0 Å². The van der Waals surface area contributed by atoms with Gasteiger partial charge in [0, 0.05) is 6.42 Å². The Hall–Kier alpha value is -1.72. The van der Waals surface area contributed by atoms with E-state index in [0.29, 0.717) is 18.5 Å². The summed E-state index contributed by atoms with van der Waals surface area (Å²) in [5.74, 6) is -0.145. The summed E-state index contributed by atoms with van der Waals surface area (Å²) in [7, 11) is 0. The Morgan fingerprint density at radius 2 is 1.94 bits per heavy atom. The molecule has 0 fully saturated rings. The van der Waals surface area contributed by atoms with Gasteiger partial charge in [-0.2, -0.15) is 0 Å². The Morgan fingerprint density at radius 1 is 1.29 bits per heavy atom. The lowest BCUT2D eigenvalue weighted by Gasteiger charge is -2.03. The number of benzene rings is 1. The van der Waals surface area contributed by atoms with Crippen LogP contribution in [0.3, 0.4) is 0 Å². The number of carbonyl (C=O) groups is 2. The third-order valence-electron chi connectivity index (χ3n) is 2.26. The van der Waals surface area contributed by atoms with Crippen LogP contribution in [0.15, 0.2) is 24.3 Å². The van der Waals surface area contributed by atoms with Gasteiger partial charge in [-0.3, -0.25) is 9.59 Å². The summed E-state index contributed by atoms with van der Waals surface area (Å²) in [6, 6.07) is 7.09. The van der Waals surface area contributed by atoms with E-state index in [0.717, 1.165) is 5.56 Å². The van der Waals surface area contributed by atoms with Gasteiger partial charge in [-0.25, -0.2) is 10.7 Å². The van der Waals surface area contributed by atoms with E-state index in [2.05, 4.69) is 10.5 Å². The molecule has 0 spiro atoms. The van der Waals surface area contributed by atoms with E-state index in [4.69, 9.17) is 5.26 Å². The average Bonchev–Trinajstić information content (AvgIpc) is 2.28. The Morgan fingerprint density at radius 3 is 2.47 bits per heavy atom. The molecule has 5 heteroatoms. The number of hydrogen-bond acceptors (Lipinski definition) is 5. The monoisotopic (exact) mass is 237 g/mol. The van der Waals surface area contributed by atoms with Crippen molar-refractivity contribution in [3.8, 4) is 0 Å². The summed E-state index contributed by atoms with van der Waals surface area (Å²) in [6.07, 6.45) is 0.979. The van der Waals surface area contributed by atoms with Gasteiger partial charge in [0.05, 0.1) is 12.1 Å². The molecule has 0 amide bonds. The number of aryl methyl sites for hydroxylation is 1. The number of ketones is 2. The highest BCUT2D eigenvalue weighted by atomic mass is 17.2. The second kappa shape index (κ2) is 6.78. The van der Waals surface area contributed by atoms with Gasteiger partial charge in [0.1, 0.15) is 11.6 Å². The third kappa shape index (κ3) is 5.24. The highest BCUT2D eigenvalue weighted by Gasteiger charge is 2.05. The Bertz CT molecular complexity index is 386. The van der Waals surface area contributed by atoms with Crippen molar-refractivity contribution in [2.75, 3.05) is 5.48 Å². The summed E-state index contributed by atoms with van der Waals surface area (Å²) >= 11 is 0. The molecular formula is C12H15NO4. The zero-order valence-electron chi connectivity index (χ0n) is 9.60. The van der Waals surface area contributed by atoms with Crippen LogP contribution in [0.1, 0.15) is 25.3 Å². The average molecular weight is 237 g/mol. The molecule has 2 N–H and O–H groups in total. The summed E-state index contributed by atoms with van der Waals surface area (Å²) in [5.41, 5.74) is 3.88. The van der Waals surface area contributed by atoms with Crippen molar-refractivity contribution in [2.45, 2.75) is 26.2 Å². The molecule has 1 rings (SSSR count). The zero-order valence-corrected chi connectivity index (χ0v) is 9.60. The van der Waals surface area contributed by atoms with E-state index in [1.54, 1.807) is 12.1 Å². The van der Waals surface area contributed by atoms with Gasteiger partial charge < -0.3 is 0 Å². The van der Waals surface area contributed by atoms with E-state index in [1.165, 1.54) is 6.92 Å². The number of anilines is 1. The fraction of sp³-hybridized carbons (Fsp3) is 0.333. The first-order chi connectivity index (χ1) is 8.11. The quantitative estimate of drug-likeness (QED) is 0.431. The highest BCUT2D eigenvalue weighted by molar-refractivity contribution is 5.97. The highest BCUT2D eigenvalue weighted by Crippen LogP contribution is 2.11. The van der Waals surface area contributed by atoms with Gasteiger partial charge in [0.15, 0.2) is 0 Å². The smallest absolute Gasteiger partial charge is 0.140 e. The molecule has 1 aromatic carbocycles. The molecule has 0 saturated carbocycles. The van der Waals surface area contributed by atoms with Gasteiger partial charge in [-0.1, -0.05) is 12.1 Å². The molecule has 1 aromatic rings. The largest absolute Gasteiger partial charge is 0.300 e. The number of Topliss-reactive ketones (excluding diaryl/α,β-unsaturated/α-hetero) is 2. The van der Waals surface area contributed by atoms with Crippen molar-refractivity contribution in [3.63, 3.8) is 0 Å². The fourth-order valence-electron chi connectivity index (χ4n) is 1.44. The van der Waals surface area contributed by atoms with Crippen LogP contribution >= 0.6 is 0 Å². The van der Waals surface area contributed by atoms with Crippen LogP contribution < -0.4 is 5.48 Å². The van der Waals surface area contributed by atoms with Crippen LogP contribution in [0.25, 0.3) is 0 Å². The first kappa shape index (κ1) is 13.3. The molecule has 0 aromatic heterocycles. The molecule has 5 nitrogen and oxygen atoms in total. The first-order valence-electron chi connectivity index (χ1n) is 5.28. The van der Waals surface area contributed by atoms with Gasteiger partial charge >= 0.3 is 0 Å². The van der Waals surface area contributed by atoms with Crippen LogP contribution in [-0.4, -0.2) is 16.8 Å². The molecule has 0 aliphatic carbocycles. The standard InChI is InChI=1S/C12H15NO4/c1-9(14)8-12(15)7-4-10-2-5-11(6-3-10)13-17-16/h2-3,5-6,13,16H,4,7-8H2,1H3. The maximum Gasteiger partial charge on any atom is 0.140 e. The van der Waals surface area contributed by atoms with E-state index in [-0.39, 0.29) is 18.0 Å². The lowest BCUT2D eigenvalue weighted by Crippen LogP contribution is -2.05. The normalized spacial score (nSPS) is 10.0. The van der Waals surface area contributed by atoms with Gasteiger partial charge in [-0.05, 0) is 31.0 Å². The minimum Gasteiger partial charge on any atom is -0.300 e. The lowest BCUT2D eigenvalue weighted by atomic mass is 10.0. The number of hydrogen-bond donors (Lipinski definition) is 2. The number of carbonyl (C=O) groups excluding carboxylic acids is 2. The van der Waals surface area contributed by atoms with Crippen molar-refractivity contribution in [1.82, 2.24) is 0 Å². The summed E-state index contributed by atoms with van der Waals surface area (Å²) in [6.45, 7) is 1.41. The molecule has 0 bridgehead atoms. The molecule has 0 aliphatic rings. The zero-order chi connectivity index (χ0) is 12.7. The summed E-state index contributed by atoms with van der Waals surface area (Å²) in [4.78, 5) is 25.8. The SMILES string of the molecule is CC(=O)CC(=O)CCc1ccc(NOO)cc1. The van der Waals surface area contributed by atoms with Crippen LogP contribution in [0.5, 0.6) is 0 Å². The van der Waals surface area contributed by atoms with Crippen molar-refractivity contribution in [1.29, 1.82) is 0 Å². The Kier molecular flexibility index (Phi) is 5.32. The second-order valence-electron chi connectivity index (χ2n) is 3.81. The molecular weight excluding hydrogens is 222 g/mol. The van der Waals surface area contributed by atoms with Crippen LogP contribution in [-0.2, 0) is 21.0 Å². The predicted octanol–water partition coefficient (Wildman–Crippen LogP) is 1.98. The maximum absolute atomic E-state index is 11.3. The molecule has 0 saturated heterocycles. The van der Waals surface area contributed by atoms with Crippen molar-refractivity contribution < 1.29 is 19.8 Å². The first-order valence-corrected chi connectivity index (χ1v) is 5.28. The molecule has 0 aliphatic heterocycles. The molecule has 0 radical (unpaired) electrons. The van der Waals surface area contributed by atoms with E-state index < -0.39 is 0 Å². The maximum atomic E-state index is 11.3. The molecule has 0 heterocycles. The van der Waals surface area contributed by atoms with Gasteiger partial charge in [0.2, 0.25) is 0 Å². The topological polar surface area (TPSA) is 75.6 Å². The van der Waals surface area contributed by atoms with E-state index >= 15 is 0 Å². The Balaban J connectivity index is 2.41. The number of rotatable bonds is 7. The molecule has 0 unspecified atom stereocenters. The molecule has 92 valence electrons. The van der Waals surface area contributed by atoms with Crippen LogP contribution in [0.2, 0.25) is 0 Å². The van der Waals surface area contributed by atoms with E-state index in [1.807, 2.05) is 12.1 Å². The fourth-order valence-corrected chi connectivity index (χ4v) is 1.44. The molecule has 0 atom stereocenters. The number of nitrogens with one attached hydrogen (secondary N) is 1. The van der Waals surface area contributed by atoms with Gasteiger partial charge in [-0.15, -0.1) is 4.99 Å². The summed E-state index contributed by atoms with van der Waals surface area (Å²) in [5, 5.41) is 8.16. The third-order valence-corrected chi connectivity index (χ3v) is 2.26. The lowest BCUT2D eigenvalue weighted by molar-refractivity contribution is -0.215. The Labute approximate surface area is 99.3 Å². The van der Waals surface area contributed by atoms with Crippen LogP contribution in [0.4, 0.5) is 5.69 Å². The second-order valence-corrected chi connectivity index (χ2v) is 3.81. The summed E-state index contributed by atoms with van der Waals surface area (Å²) < 4.78 is 0.